The lowest BCUT2D eigenvalue weighted by atomic mass is 9.96. The molecule has 0 aromatic carbocycles. The number of hydrogen-bond acceptors (Lipinski definition) is 9. The van der Waals surface area contributed by atoms with E-state index in [-0.39, 0.29) is 12.3 Å². The molecule has 5 heterocycles. The minimum absolute atomic E-state index is 0.239. The fourth-order valence-electron chi connectivity index (χ4n) is 3.92. The van der Waals surface area contributed by atoms with Gasteiger partial charge in [0.25, 0.3) is 5.91 Å². The topological polar surface area (TPSA) is 151 Å². The van der Waals surface area contributed by atoms with Crippen LogP contribution in [0, 0.1) is 0 Å². The number of nitrogens with zero attached hydrogens (tertiary/aromatic N) is 3. The highest BCUT2D eigenvalue weighted by molar-refractivity contribution is 6.13. The fraction of sp³-hybridized carbons (Fsp3) is 0.375. The Morgan fingerprint density at radius 1 is 1.41 bits per heavy atom. The number of aliphatic hydroxyl groups is 1. The molecular formula is C16H15N5O6. The van der Waals surface area contributed by atoms with Gasteiger partial charge in [-0.3, -0.25) is 4.79 Å². The summed E-state index contributed by atoms with van der Waals surface area (Å²) in [6.07, 6.45) is 1.04. The second kappa shape index (κ2) is 5.18. The third-order valence-electron chi connectivity index (χ3n) is 5.10. The SMILES string of the molecule is C[C@@]12OC(=O)O[C@@H]1[C@@H](CO)O[C@H]2n1cc2c3c(ncnc31)NC(=O)C=C2N. The molecule has 3 aliphatic heterocycles. The number of nitrogens with two attached hydrogens (primary N) is 1. The van der Waals surface area contributed by atoms with Crippen molar-refractivity contribution in [3.05, 3.63) is 24.2 Å². The Balaban J connectivity index is 1.72. The van der Waals surface area contributed by atoms with Crippen molar-refractivity contribution in [3.8, 4) is 0 Å². The van der Waals surface area contributed by atoms with Gasteiger partial charge in [-0.15, -0.1) is 0 Å². The quantitative estimate of drug-likeness (QED) is 0.611. The van der Waals surface area contributed by atoms with Crippen molar-refractivity contribution in [1.82, 2.24) is 14.5 Å². The Kier molecular flexibility index (Phi) is 3.07. The third-order valence-corrected chi connectivity index (χ3v) is 5.10. The van der Waals surface area contributed by atoms with Crippen LogP contribution in [0.3, 0.4) is 0 Å². The van der Waals surface area contributed by atoms with Crippen molar-refractivity contribution in [1.29, 1.82) is 0 Å². The van der Waals surface area contributed by atoms with Gasteiger partial charge in [0.1, 0.15) is 23.9 Å². The molecule has 140 valence electrons. The van der Waals surface area contributed by atoms with Crippen molar-refractivity contribution in [2.45, 2.75) is 31.0 Å². The summed E-state index contributed by atoms with van der Waals surface area (Å²) >= 11 is 0. The Bertz CT molecular complexity index is 1030. The van der Waals surface area contributed by atoms with E-state index in [1.165, 1.54) is 12.4 Å². The number of rotatable bonds is 2. The number of ether oxygens (including phenoxy) is 3. The molecule has 0 saturated carbocycles. The summed E-state index contributed by atoms with van der Waals surface area (Å²) in [4.78, 5) is 32.0. The molecule has 2 aromatic heterocycles. The van der Waals surface area contributed by atoms with Gasteiger partial charge in [0.15, 0.2) is 17.9 Å². The molecule has 0 bridgehead atoms. The normalized spacial score (nSPS) is 31.8. The molecule has 4 N–H and O–H groups in total. The van der Waals surface area contributed by atoms with Gasteiger partial charge < -0.3 is 34.9 Å². The monoisotopic (exact) mass is 373 g/mol. The van der Waals surface area contributed by atoms with Gasteiger partial charge >= 0.3 is 6.16 Å². The first-order valence-corrected chi connectivity index (χ1v) is 8.22. The van der Waals surface area contributed by atoms with Gasteiger partial charge in [0.05, 0.1) is 12.0 Å². The highest BCUT2D eigenvalue weighted by Gasteiger charge is 2.64. The molecule has 4 atom stereocenters. The van der Waals surface area contributed by atoms with Crippen LogP contribution < -0.4 is 11.1 Å². The number of carbonyl (C=O) groups excluding carboxylic acids is 2. The van der Waals surface area contributed by atoms with E-state index in [0.29, 0.717) is 22.4 Å². The van der Waals surface area contributed by atoms with Crippen molar-refractivity contribution >= 4 is 34.6 Å². The second-order valence-electron chi connectivity index (χ2n) is 6.74. The van der Waals surface area contributed by atoms with Crippen molar-refractivity contribution in [2.75, 3.05) is 11.9 Å². The fourth-order valence-corrected chi connectivity index (χ4v) is 3.92. The maximum Gasteiger partial charge on any atom is 0.509 e. The van der Waals surface area contributed by atoms with Crippen molar-refractivity contribution < 1.29 is 28.9 Å². The minimum atomic E-state index is -1.18. The van der Waals surface area contributed by atoms with E-state index >= 15 is 0 Å². The van der Waals surface area contributed by atoms with Gasteiger partial charge in [-0.25, -0.2) is 14.8 Å². The van der Waals surface area contributed by atoms with Crippen LogP contribution in [0.4, 0.5) is 10.6 Å². The van der Waals surface area contributed by atoms with Gasteiger partial charge in [0.2, 0.25) is 0 Å². The molecule has 0 aliphatic carbocycles. The van der Waals surface area contributed by atoms with Crippen molar-refractivity contribution in [3.63, 3.8) is 0 Å². The Hall–Kier alpha value is -3.18. The summed E-state index contributed by atoms with van der Waals surface area (Å²) < 4.78 is 18.2. The van der Waals surface area contributed by atoms with Gasteiger partial charge in [-0.05, 0) is 6.92 Å². The largest absolute Gasteiger partial charge is 0.509 e. The summed E-state index contributed by atoms with van der Waals surface area (Å²) in [6.45, 7) is 1.32. The molecule has 2 saturated heterocycles. The molecule has 1 amide bonds. The first-order chi connectivity index (χ1) is 12.9. The number of amides is 1. The number of hydrogen-bond donors (Lipinski definition) is 3. The van der Waals surface area contributed by atoms with E-state index < -0.39 is 36.1 Å². The molecule has 2 fully saturated rings. The number of anilines is 1. The number of aliphatic hydroxyl groups excluding tert-OH is 1. The summed E-state index contributed by atoms with van der Waals surface area (Å²) in [6, 6.07) is 0. The highest BCUT2D eigenvalue weighted by Crippen LogP contribution is 2.48. The number of aromatic nitrogens is 3. The zero-order chi connectivity index (χ0) is 18.9. The average Bonchev–Trinajstić information content (AvgIpc) is 3.19. The molecule has 0 radical (unpaired) electrons. The highest BCUT2D eigenvalue weighted by atomic mass is 16.8. The molecule has 5 rings (SSSR count). The molecular weight excluding hydrogens is 358 g/mol. The van der Waals surface area contributed by atoms with E-state index in [9.17, 15) is 14.7 Å². The summed E-state index contributed by atoms with van der Waals surface area (Å²) in [5.74, 6) is -0.0774. The smallest absolute Gasteiger partial charge is 0.424 e. The number of fused-ring (bicyclic) bond motifs is 1. The minimum Gasteiger partial charge on any atom is -0.424 e. The van der Waals surface area contributed by atoms with Crippen LogP contribution in [-0.4, -0.2) is 56.1 Å². The van der Waals surface area contributed by atoms with E-state index in [2.05, 4.69) is 15.3 Å². The van der Waals surface area contributed by atoms with Crippen LogP contribution in [0.2, 0.25) is 0 Å². The first-order valence-electron chi connectivity index (χ1n) is 8.22. The first kappa shape index (κ1) is 16.0. The molecule has 11 nitrogen and oxygen atoms in total. The molecule has 11 heteroatoms. The maximum atomic E-state index is 11.9. The van der Waals surface area contributed by atoms with Crippen LogP contribution in [0.5, 0.6) is 0 Å². The van der Waals surface area contributed by atoms with Gasteiger partial charge in [-0.2, -0.15) is 0 Å². The Morgan fingerprint density at radius 2 is 2.22 bits per heavy atom. The summed E-state index contributed by atoms with van der Waals surface area (Å²) in [7, 11) is 0. The van der Waals surface area contributed by atoms with Crippen LogP contribution >= 0.6 is 0 Å². The molecule has 27 heavy (non-hydrogen) atoms. The lowest BCUT2D eigenvalue weighted by Gasteiger charge is -2.26. The van der Waals surface area contributed by atoms with Crippen molar-refractivity contribution in [2.24, 2.45) is 5.73 Å². The molecule has 0 spiro atoms. The lowest BCUT2D eigenvalue weighted by Crippen LogP contribution is -2.41. The Labute approximate surface area is 151 Å². The number of carbonyl (C=O) groups is 2. The lowest BCUT2D eigenvalue weighted by molar-refractivity contribution is -0.111. The average molecular weight is 373 g/mol. The second-order valence-corrected chi connectivity index (χ2v) is 6.74. The predicted molar refractivity (Wildman–Crippen MR) is 89.1 cm³/mol. The summed E-state index contributed by atoms with van der Waals surface area (Å²) in [5, 5.41) is 12.8. The zero-order valence-corrected chi connectivity index (χ0v) is 14.1. The van der Waals surface area contributed by atoms with E-state index in [4.69, 9.17) is 19.9 Å². The van der Waals surface area contributed by atoms with Crippen LogP contribution in [0.25, 0.3) is 16.7 Å². The molecule has 3 aliphatic rings. The Morgan fingerprint density at radius 3 is 3.00 bits per heavy atom. The van der Waals surface area contributed by atoms with E-state index in [0.717, 1.165) is 0 Å². The van der Waals surface area contributed by atoms with Gasteiger partial charge in [-0.1, -0.05) is 0 Å². The molecule has 0 unspecified atom stereocenters. The zero-order valence-electron chi connectivity index (χ0n) is 14.1. The van der Waals surface area contributed by atoms with Crippen LogP contribution in [-0.2, 0) is 19.0 Å². The predicted octanol–water partition coefficient (Wildman–Crippen LogP) is -0.133. The third kappa shape index (κ3) is 2.03. The van der Waals surface area contributed by atoms with E-state index in [1.54, 1.807) is 17.7 Å². The maximum absolute atomic E-state index is 11.9. The standard InChI is InChI=1S/C16H15N5O6/c1-16-11(26-15(24)27-16)8(4-22)25-14(16)21-3-6-7(17)2-9(23)20-12-10(6)13(21)19-5-18-12/h2-3,5,8,11,14,22H,4,17H2,1H3,(H,18,19,20,23)/t8-,11-,14-,16-/m1/s1. The van der Waals surface area contributed by atoms with E-state index in [1.807, 2.05) is 0 Å². The number of nitrogens with one attached hydrogen (secondary N) is 1. The molecule has 2 aromatic rings. The van der Waals surface area contributed by atoms with Crippen LogP contribution in [0.1, 0.15) is 18.7 Å². The summed E-state index contributed by atoms with van der Waals surface area (Å²) in [5.41, 5.74) is 6.10. The van der Waals surface area contributed by atoms with Crippen LogP contribution in [0.15, 0.2) is 18.6 Å². The van der Waals surface area contributed by atoms with Gasteiger partial charge in [0, 0.05) is 23.5 Å².